The summed E-state index contributed by atoms with van der Waals surface area (Å²) in [5.74, 6) is 0.801. The second-order valence-corrected chi connectivity index (χ2v) is 12.9. The van der Waals surface area contributed by atoms with E-state index in [0.717, 1.165) is 77.8 Å². The van der Waals surface area contributed by atoms with Crippen molar-refractivity contribution in [3.05, 3.63) is 72.6 Å². The van der Waals surface area contributed by atoms with Gasteiger partial charge in [0.25, 0.3) is 0 Å². The van der Waals surface area contributed by atoms with Crippen molar-refractivity contribution < 1.29 is 23.8 Å². The Balaban J connectivity index is 1.07. The van der Waals surface area contributed by atoms with Gasteiger partial charge in [-0.25, -0.2) is 14.8 Å². The predicted octanol–water partition coefficient (Wildman–Crippen LogP) is 5.42. The molecule has 0 bridgehead atoms. The molecule has 6 rings (SSSR count). The zero-order valence-corrected chi connectivity index (χ0v) is 28.0. The molecule has 0 aliphatic carbocycles. The minimum absolute atomic E-state index is 0.0857. The molecule has 2 atom stereocenters. The minimum Gasteiger partial charge on any atom is -0.453 e. The first-order valence-electron chi connectivity index (χ1n) is 16.7. The number of likely N-dealkylation sites (tertiary alicyclic amines) is 1. The summed E-state index contributed by atoms with van der Waals surface area (Å²) in [4.78, 5) is 43.2. The monoisotopic (exact) mass is 655 g/mol. The van der Waals surface area contributed by atoms with E-state index < -0.39 is 17.9 Å². The summed E-state index contributed by atoms with van der Waals surface area (Å²) in [5, 5.41) is 6.08. The molecule has 12 nitrogen and oxygen atoms in total. The summed E-state index contributed by atoms with van der Waals surface area (Å²) >= 11 is 0. The second-order valence-electron chi connectivity index (χ2n) is 12.9. The van der Waals surface area contributed by atoms with Gasteiger partial charge in [0.15, 0.2) is 5.79 Å². The number of nitrogens with zero attached hydrogens (tertiary/aromatic N) is 3. The number of aromatic nitrogens is 4. The third kappa shape index (κ3) is 7.61. The van der Waals surface area contributed by atoms with E-state index in [1.807, 2.05) is 38.1 Å². The van der Waals surface area contributed by atoms with E-state index in [4.69, 9.17) is 14.2 Å². The number of nitrogens with one attached hydrogen (secondary N) is 4. The highest BCUT2D eigenvalue weighted by Crippen LogP contribution is 2.33. The van der Waals surface area contributed by atoms with Crippen LogP contribution in [0.2, 0.25) is 0 Å². The molecule has 0 saturated carbocycles. The van der Waals surface area contributed by atoms with E-state index in [-0.39, 0.29) is 17.9 Å². The van der Waals surface area contributed by atoms with E-state index in [1.54, 1.807) is 0 Å². The van der Waals surface area contributed by atoms with Gasteiger partial charge >= 0.3 is 6.09 Å². The molecule has 4 N–H and O–H groups in total. The zero-order chi connectivity index (χ0) is 33.7. The summed E-state index contributed by atoms with van der Waals surface area (Å²) in [5.41, 5.74) is 6.12. The molecule has 2 fully saturated rings. The topological polar surface area (TPSA) is 146 Å². The lowest BCUT2D eigenvalue weighted by Gasteiger charge is -2.33. The van der Waals surface area contributed by atoms with Gasteiger partial charge in [0.05, 0.1) is 56.7 Å². The molecule has 2 amide bonds. The lowest BCUT2D eigenvalue weighted by Crippen LogP contribution is -2.51. The van der Waals surface area contributed by atoms with Crippen LogP contribution >= 0.6 is 0 Å². The van der Waals surface area contributed by atoms with E-state index >= 15 is 0 Å². The van der Waals surface area contributed by atoms with Gasteiger partial charge in [-0.1, -0.05) is 62.4 Å². The number of amides is 2. The van der Waals surface area contributed by atoms with Gasteiger partial charge in [0, 0.05) is 13.1 Å². The number of imidazole rings is 2. The average molecular weight is 656 g/mol. The molecule has 2 aromatic heterocycles. The molecule has 12 heteroatoms. The number of methoxy groups -OCH3 is 1. The van der Waals surface area contributed by atoms with E-state index in [9.17, 15) is 9.59 Å². The molecular weight excluding hydrogens is 610 g/mol. The maximum absolute atomic E-state index is 13.5. The summed E-state index contributed by atoms with van der Waals surface area (Å²) in [6.45, 7) is 9.02. The Bertz CT molecular complexity index is 1680. The molecule has 2 saturated heterocycles. The van der Waals surface area contributed by atoms with Crippen LogP contribution < -0.4 is 10.6 Å². The fourth-order valence-corrected chi connectivity index (χ4v) is 6.32. The van der Waals surface area contributed by atoms with Gasteiger partial charge in [0.1, 0.15) is 17.7 Å². The van der Waals surface area contributed by atoms with Crippen LogP contribution in [0.1, 0.15) is 57.7 Å². The van der Waals surface area contributed by atoms with Gasteiger partial charge in [0.2, 0.25) is 5.91 Å². The maximum Gasteiger partial charge on any atom is 0.407 e. The van der Waals surface area contributed by atoms with Crippen molar-refractivity contribution in [2.24, 2.45) is 5.92 Å². The first-order valence-corrected chi connectivity index (χ1v) is 16.7. The maximum atomic E-state index is 13.5. The third-order valence-electron chi connectivity index (χ3n) is 9.03. The Morgan fingerprint density at radius 1 is 0.938 bits per heavy atom. The summed E-state index contributed by atoms with van der Waals surface area (Å²) in [6.07, 6.45) is 5.67. The molecule has 4 heterocycles. The van der Waals surface area contributed by atoms with Crippen molar-refractivity contribution in [2.75, 3.05) is 33.4 Å². The van der Waals surface area contributed by atoms with Crippen molar-refractivity contribution >= 4 is 12.0 Å². The molecule has 4 aromatic rings. The van der Waals surface area contributed by atoms with Crippen molar-refractivity contribution in [3.8, 4) is 33.6 Å². The van der Waals surface area contributed by atoms with Gasteiger partial charge in [-0.3, -0.25) is 4.79 Å². The number of H-pyrrole nitrogens is 2. The van der Waals surface area contributed by atoms with Gasteiger partial charge in [-0.2, -0.15) is 0 Å². The Kier molecular flexibility index (Phi) is 10.2. The Morgan fingerprint density at radius 3 is 2.17 bits per heavy atom. The Morgan fingerprint density at radius 2 is 1.54 bits per heavy atom. The zero-order valence-electron chi connectivity index (χ0n) is 28.0. The normalized spacial score (nSPS) is 18.2. The van der Waals surface area contributed by atoms with Crippen LogP contribution in [0.5, 0.6) is 0 Å². The van der Waals surface area contributed by atoms with E-state index in [0.29, 0.717) is 19.6 Å². The molecule has 2 aromatic carbocycles. The van der Waals surface area contributed by atoms with Crippen molar-refractivity contribution in [2.45, 2.75) is 64.4 Å². The van der Waals surface area contributed by atoms with Crippen LogP contribution in [0.15, 0.2) is 60.9 Å². The molecule has 254 valence electrons. The second kappa shape index (κ2) is 14.7. The van der Waals surface area contributed by atoms with Crippen LogP contribution in [0.3, 0.4) is 0 Å². The van der Waals surface area contributed by atoms with Gasteiger partial charge < -0.3 is 39.7 Å². The van der Waals surface area contributed by atoms with Crippen molar-refractivity contribution in [1.29, 1.82) is 0 Å². The third-order valence-corrected chi connectivity index (χ3v) is 9.03. The highest BCUT2D eigenvalue weighted by Gasteiger charge is 2.37. The smallest absolute Gasteiger partial charge is 0.407 e. The number of carbonyl (C=O) groups excluding carboxylic acids is 2. The number of rotatable bonds is 11. The van der Waals surface area contributed by atoms with Gasteiger partial charge in [-0.05, 0) is 54.4 Å². The van der Waals surface area contributed by atoms with Crippen molar-refractivity contribution in [3.63, 3.8) is 0 Å². The average Bonchev–Trinajstić information content (AvgIpc) is 3.89. The van der Waals surface area contributed by atoms with Crippen molar-refractivity contribution in [1.82, 2.24) is 35.5 Å². The highest BCUT2D eigenvalue weighted by atomic mass is 16.7. The Labute approximate surface area is 281 Å². The van der Waals surface area contributed by atoms with Crippen LogP contribution in [0.4, 0.5) is 4.79 Å². The van der Waals surface area contributed by atoms with Crippen LogP contribution in [-0.2, 0) is 25.5 Å². The minimum atomic E-state index is -0.667. The lowest BCUT2D eigenvalue weighted by molar-refractivity contribution is -0.252. The van der Waals surface area contributed by atoms with E-state index in [1.165, 1.54) is 7.11 Å². The molecule has 48 heavy (non-hydrogen) atoms. The number of benzene rings is 2. The number of ether oxygens (including phenoxy) is 3. The van der Waals surface area contributed by atoms with E-state index in [2.05, 4.69) is 79.1 Å². The van der Waals surface area contributed by atoms with Crippen LogP contribution in [0.25, 0.3) is 33.6 Å². The Hall–Kier alpha value is -4.52. The summed E-state index contributed by atoms with van der Waals surface area (Å²) < 4.78 is 16.3. The first kappa shape index (κ1) is 33.4. The SMILES string of the molecule is COC(=O)NC(C(=O)N1CCC[C@H]1c1ncc(-c2ccc(-c3ccc(-c4cnc(CNCC5(C)OCCCO5)[nH]4)cc3)cc2)[nH]1)C(C)C. The quantitative estimate of drug-likeness (QED) is 0.168. The number of hydrogen-bond donors (Lipinski definition) is 4. The lowest BCUT2D eigenvalue weighted by atomic mass is 10.0. The number of aromatic amines is 2. The van der Waals surface area contributed by atoms with Gasteiger partial charge in [-0.15, -0.1) is 0 Å². The number of hydrogen-bond acceptors (Lipinski definition) is 8. The molecule has 1 unspecified atom stereocenters. The highest BCUT2D eigenvalue weighted by molar-refractivity contribution is 5.86. The first-order chi connectivity index (χ1) is 23.2. The summed E-state index contributed by atoms with van der Waals surface area (Å²) in [6, 6.07) is 15.9. The largest absolute Gasteiger partial charge is 0.453 e. The fraction of sp³-hybridized carbons (Fsp3) is 0.444. The molecule has 0 radical (unpaired) electrons. The standard InChI is InChI=1S/C36H45N7O5/c1-23(2)32(42-35(45)46-4)34(44)43-16-5-7-30(43)33-39-20-29(41-33)27-14-10-25(11-15-27)24-8-12-26(13-9-24)28-19-38-31(40-28)21-37-22-36(3)47-17-6-18-48-36/h8-15,19-20,23,30,32,37H,5-7,16-18,21-22H2,1-4H3,(H,38,40)(H,39,41)(H,42,45)/t30-,32?/m0/s1. The predicted molar refractivity (Wildman–Crippen MR) is 182 cm³/mol. The molecule has 0 spiro atoms. The molecular formula is C36H45N7O5. The molecule has 2 aliphatic heterocycles. The summed E-state index contributed by atoms with van der Waals surface area (Å²) in [7, 11) is 1.30. The fourth-order valence-electron chi connectivity index (χ4n) is 6.32. The number of alkyl carbamates (subject to hydrolysis) is 1. The van der Waals surface area contributed by atoms with Crippen LogP contribution in [0, 0.1) is 5.92 Å². The van der Waals surface area contributed by atoms with Crippen LogP contribution in [-0.4, -0.2) is 82.1 Å². The molecule has 2 aliphatic rings. The number of carbonyl (C=O) groups is 2.